The van der Waals surface area contributed by atoms with E-state index in [0.29, 0.717) is 18.7 Å². The second kappa shape index (κ2) is 7.17. The third-order valence-corrected chi connectivity index (χ3v) is 4.64. The molecule has 0 radical (unpaired) electrons. The summed E-state index contributed by atoms with van der Waals surface area (Å²) in [6.45, 7) is 1.04. The number of halogens is 1. The first-order chi connectivity index (χ1) is 11.6. The SMILES string of the molecule is COC(=O)[C@@H]1CCCN(C(=O)c2cnn(-c3cccc(Br)c3)c2)C1. The van der Waals surface area contributed by atoms with Gasteiger partial charge in [-0.2, -0.15) is 5.10 Å². The van der Waals surface area contributed by atoms with Gasteiger partial charge < -0.3 is 9.64 Å². The molecule has 1 amide bonds. The lowest BCUT2D eigenvalue weighted by atomic mass is 9.98. The number of carbonyl (C=O) groups is 2. The highest BCUT2D eigenvalue weighted by Gasteiger charge is 2.29. The molecule has 6 nitrogen and oxygen atoms in total. The molecule has 1 atom stereocenters. The van der Waals surface area contributed by atoms with Crippen molar-refractivity contribution in [2.75, 3.05) is 20.2 Å². The number of rotatable bonds is 3. The van der Waals surface area contributed by atoms with Gasteiger partial charge >= 0.3 is 5.97 Å². The van der Waals surface area contributed by atoms with Gasteiger partial charge in [-0.25, -0.2) is 4.68 Å². The smallest absolute Gasteiger partial charge is 0.310 e. The molecule has 24 heavy (non-hydrogen) atoms. The minimum absolute atomic E-state index is 0.107. The van der Waals surface area contributed by atoms with Gasteiger partial charge in [-0.1, -0.05) is 22.0 Å². The molecular weight excluding hydrogens is 374 g/mol. The highest BCUT2D eigenvalue weighted by atomic mass is 79.9. The lowest BCUT2D eigenvalue weighted by molar-refractivity contribution is -0.146. The number of benzene rings is 1. The van der Waals surface area contributed by atoms with E-state index in [1.54, 1.807) is 22.0 Å². The number of piperidine rings is 1. The number of hydrogen-bond donors (Lipinski definition) is 0. The number of esters is 1. The van der Waals surface area contributed by atoms with Crippen molar-refractivity contribution < 1.29 is 14.3 Å². The van der Waals surface area contributed by atoms with E-state index in [0.717, 1.165) is 23.0 Å². The van der Waals surface area contributed by atoms with Gasteiger partial charge in [-0.3, -0.25) is 9.59 Å². The molecule has 2 heterocycles. The first-order valence-corrected chi connectivity index (χ1v) is 8.55. The van der Waals surface area contributed by atoms with Crippen molar-refractivity contribution in [2.24, 2.45) is 5.92 Å². The van der Waals surface area contributed by atoms with Gasteiger partial charge in [0.1, 0.15) is 0 Å². The van der Waals surface area contributed by atoms with Gasteiger partial charge in [0.15, 0.2) is 0 Å². The average molecular weight is 392 g/mol. The average Bonchev–Trinajstić information content (AvgIpc) is 3.10. The maximum absolute atomic E-state index is 12.7. The highest BCUT2D eigenvalue weighted by molar-refractivity contribution is 9.10. The second-order valence-corrected chi connectivity index (χ2v) is 6.68. The molecule has 0 aliphatic carbocycles. The first-order valence-electron chi connectivity index (χ1n) is 7.76. The lowest BCUT2D eigenvalue weighted by Gasteiger charge is -2.31. The van der Waals surface area contributed by atoms with Crippen LogP contribution in [0.4, 0.5) is 0 Å². The Hall–Kier alpha value is -2.15. The van der Waals surface area contributed by atoms with Gasteiger partial charge in [-0.15, -0.1) is 0 Å². The van der Waals surface area contributed by atoms with Crippen LogP contribution < -0.4 is 0 Å². The number of carbonyl (C=O) groups excluding carboxylic acids is 2. The van der Waals surface area contributed by atoms with Gasteiger partial charge in [0.25, 0.3) is 5.91 Å². The summed E-state index contributed by atoms with van der Waals surface area (Å²) in [7, 11) is 1.38. The minimum Gasteiger partial charge on any atom is -0.469 e. The molecular formula is C17H18BrN3O3. The first kappa shape index (κ1) is 16.7. The molecule has 3 rings (SSSR count). The van der Waals surface area contributed by atoms with E-state index in [1.807, 2.05) is 24.3 Å². The molecule has 0 spiro atoms. The molecule has 1 saturated heterocycles. The monoisotopic (exact) mass is 391 g/mol. The van der Waals surface area contributed by atoms with Crippen molar-refractivity contribution in [3.05, 3.63) is 46.7 Å². The summed E-state index contributed by atoms with van der Waals surface area (Å²) >= 11 is 3.42. The third-order valence-electron chi connectivity index (χ3n) is 4.15. The molecule has 7 heteroatoms. The zero-order chi connectivity index (χ0) is 17.1. The number of amides is 1. The zero-order valence-electron chi connectivity index (χ0n) is 13.3. The Morgan fingerprint density at radius 3 is 2.96 bits per heavy atom. The van der Waals surface area contributed by atoms with Crippen LogP contribution in [0.25, 0.3) is 5.69 Å². The molecule has 1 fully saturated rings. The summed E-state index contributed by atoms with van der Waals surface area (Å²) in [5.74, 6) is -0.602. The van der Waals surface area contributed by atoms with Crippen LogP contribution in [-0.4, -0.2) is 46.8 Å². The van der Waals surface area contributed by atoms with E-state index in [4.69, 9.17) is 4.74 Å². The van der Waals surface area contributed by atoms with Gasteiger partial charge in [0, 0.05) is 23.8 Å². The Morgan fingerprint density at radius 2 is 2.21 bits per heavy atom. The molecule has 1 aliphatic heterocycles. The number of hydrogen-bond acceptors (Lipinski definition) is 4. The predicted octanol–water partition coefficient (Wildman–Crippen LogP) is 2.66. The quantitative estimate of drug-likeness (QED) is 0.754. The van der Waals surface area contributed by atoms with E-state index in [1.165, 1.54) is 7.11 Å². The number of likely N-dealkylation sites (tertiary alicyclic amines) is 1. The van der Waals surface area contributed by atoms with Crippen LogP contribution in [0.1, 0.15) is 23.2 Å². The maximum atomic E-state index is 12.7. The molecule has 1 aliphatic rings. The normalized spacial score (nSPS) is 17.6. The Bertz CT molecular complexity index is 759. The number of ether oxygens (including phenoxy) is 1. The van der Waals surface area contributed by atoms with Crippen LogP contribution in [0.5, 0.6) is 0 Å². The molecule has 126 valence electrons. The fourth-order valence-corrected chi connectivity index (χ4v) is 3.28. The standard InChI is InChI=1S/C17H18BrN3O3/c1-24-17(23)12-4-3-7-20(10-12)16(22)13-9-19-21(11-13)15-6-2-5-14(18)8-15/h2,5-6,8-9,11-12H,3-4,7,10H2,1H3/t12-/m1/s1. The molecule has 1 aromatic carbocycles. The van der Waals surface area contributed by atoms with Crippen LogP contribution in [0.3, 0.4) is 0 Å². The van der Waals surface area contributed by atoms with Gasteiger partial charge in [0.05, 0.1) is 30.5 Å². The predicted molar refractivity (Wildman–Crippen MR) is 91.9 cm³/mol. The van der Waals surface area contributed by atoms with Crippen molar-refractivity contribution >= 4 is 27.8 Å². The summed E-state index contributed by atoms with van der Waals surface area (Å²) in [6, 6.07) is 7.68. The Morgan fingerprint density at radius 1 is 1.38 bits per heavy atom. The topological polar surface area (TPSA) is 64.4 Å². The molecule has 0 unspecified atom stereocenters. The van der Waals surface area contributed by atoms with E-state index in [-0.39, 0.29) is 17.8 Å². The van der Waals surface area contributed by atoms with Gasteiger partial charge in [0.2, 0.25) is 0 Å². The fourth-order valence-electron chi connectivity index (χ4n) is 2.90. The molecule has 0 bridgehead atoms. The number of methoxy groups -OCH3 is 1. The number of aromatic nitrogens is 2. The molecule has 0 saturated carbocycles. The van der Waals surface area contributed by atoms with E-state index in [2.05, 4.69) is 21.0 Å². The Balaban J connectivity index is 1.75. The van der Waals surface area contributed by atoms with Crippen molar-refractivity contribution in [1.82, 2.24) is 14.7 Å². The summed E-state index contributed by atoms with van der Waals surface area (Å²) in [5.41, 5.74) is 1.38. The number of nitrogens with zero attached hydrogens (tertiary/aromatic N) is 3. The van der Waals surface area contributed by atoms with Gasteiger partial charge in [-0.05, 0) is 31.0 Å². The van der Waals surface area contributed by atoms with E-state index in [9.17, 15) is 9.59 Å². The van der Waals surface area contributed by atoms with Crippen LogP contribution >= 0.6 is 15.9 Å². The van der Waals surface area contributed by atoms with E-state index < -0.39 is 0 Å². The molecule has 0 N–H and O–H groups in total. The van der Waals surface area contributed by atoms with Crippen LogP contribution in [-0.2, 0) is 9.53 Å². The van der Waals surface area contributed by atoms with Crippen molar-refractivity contribution in [3.63, 3.8) is 0 Å². The summed E-state index contributed by atoms with van der Waals surface area (Å²) in [5, 5.41) is 4.27. The largest absolute Gasteiger partial charge is 0.469 e. The van der Waals surface area contributed by atoms with Crippen molar-refractivity contribution in [1.29, 1.82) is 0 Å². The summed E-state index contributed by atoms with van der Waals surface area (Å²) in [4.78, 5) is 26.1. The Kier molecular flexibility index (Phi) is 4.99. The summed E-state index contributed by atoms with van der Waals surface area (Å²) in [6.07, 6.45) is 4.83. The van der Waals surface area contributed by atoms with Crippen LogP contribution in [0, 0.1) is 5.92 Å². The third kappa shape index (κ3) is 3.51. The van der Waals surface area contributed by atoms with Crippen molar-refractivity contribution in [2.45, 2.75) is 12.8 Å². The minimum atomic E-state index is -0.252. The fraction of sp³-hybridized carbons (Fsp3) is 0.353. The second-order valence-electron chi connectivity index (χ2n) is 5.77. The van der Waals surface area contributed by atoms with Crippen LogP contribution in [0.2, 0.25) is 0 Å². The highest BCUT2D eigenvalue weighted by Crippen LogP contribution is 2.20. The van der Waals surface area contributed by atoms with E-state index >= 15 is 0 Å². The Labute approximate surface area is 148 Å². The lowest BCUT2D eigenvalue weighted by Crippen LogP contribution is -2.42. The maximum Gasteiger partial charge on any atom is 0.310 e. The molecule has 2 aromatic rings. The van der Waals surface area contributed by atoms with Crippen molar-refractivity contribution in [3.8, 4) is 5.69 Å². The van der Waals surface area contributed by atoms with Crippen LogP contribution in [0.15, 0.2) is 41.1 Å². The zero-order valence-corrected chi connectivity index (χ0v) is 14.9. The molecule has 1 aromatic heterocycles. The summed E-state index contributed by atoms with van der Waals surface area (Å²) < 4.78 is 7.41.